The van der Waals surface area contributed by atoms with Crippen LogP contribution in [0.1, 0.15) is 39.0 Å². The fourth-order valence-corrected chi connectivity index (χ4v) is 2.71. The quantitative estimate of drug-likeness (QED) is 0.520. The molecule has 3 atom stereocenters. The van der Waals surface area contributed by atoms with Crippen molar-refractivity contribution in [2.24, 2.45) is 11.8 Å². The Balaban J connectivity index is 2.08. The van der Waals surface area contributed by atoms with E-state index in [-0.39, 0.29) is 0 Å². The Hall–Kier alpha value is -0.300. The molecule has 1 saturated heterocycles. The highest BCUT2D eigenvalue weighted by molar-refractivity contribution is 5.07. The Morgan fingerprint density at radius 2 is 2.08 bits per heavy atom. The molecule has 0 amide bonds. The molecule has 0 radical (unpaired) electrons. The van der Waals surface area contributed by atoms with Crippen LogP contribution in [0.2, 0.25) is 0 Å². The molecule has 0 spiro atoms. The minimum absolute atomic E-state index is 0.506. The van der Waals surface area contributed by atoms with Crippen LogP contribution >= 0.6 is 0 Å². The second-order valence-electron chi connectivity index (χ2n) is 4.73. The molecule has 1 nitrogen and oxygen atoms in total. The largest absolute Gasteiger partial charge is 0.377 e. The Morgan fingerprint density at radius 1 is 1.31 bits per heavy atom. The molecule has 2 rings (SSSR count). The van der Waals surface area contributed by atoms with Gasteiger partial charge in [0.2, 0.25) is 0 Å². The highest BCUT2D eigenvalue weighted by atomic mass is 16.5. The summed E-state index contributed by atoms with van der Waals surface area (Å²) < 4.78 is 5.93. The average molecular weight is 180 g/mol. The zero-order valence-electron chi connectivity index (χ0n) is 8.59. The number of rotatable bonds is 0. The smallest absolute Gasteiger partial charge is 0.0640 e. The normalized spacial score (nSPS) is 41.0. The third-order valence-corrected chi connectivity index (χ3v) is 3.43. The van der Waals surface area contributed by atoms with Gasteiger partial charge in [-0.15, -0.1) is 0 Å². The van der Waals surface area contributed by atoms with Crippen LogP contribution in [0.5, 0.6) is 0 Å². The van der Waals surface area contributed by atoms with E-state index in [1.165, 1.54) is 37.7 Å². The SMILES string of the molecule is C=C1C[C@@H](C)CO[C@H]2CCCC[C@H]12. The van der Waals surface area contributed by atoms with Crippen LogP contribution < -0.4 is 0 Å². The first-order valence-corrected chi connectivity index (χ1v) is 5.56. The first-order valence-electron chi connectivity index (χ1n) is 5.56. The molecule has 2 fully saturated rings. The van der Waals surface area contributed by atoms with Gasteiger partial charge in [0.1, 0.15) is 0 Å². The van der Waals surface area contributed by atoms with E-state index in [1.807, 2.05) is 0 Å². The molecule has 1 aliphatic heterocycles. The molecule has 0 aromatic heterocycles. The van der Waals surface area contributed by atoms with Crippen molar-refractivity contribution in [2.75, 3.05) is 6.61 Å². The van der Waals surface area contributed by atoms with E-state index in [0.29, 0.717) is 17.9 Å². The summed E-state index contributed by atoms with van der Waals surface area (Å²) in [5.74, 6) is 1.36. The van der Waals surface area contributed by atoms with Crippen LogP contribution in [0.25, 0.3) is 0 Å². The topological polar surface area (TPSA) is 9.23 Å². The maximum Gasteiger partial charge on any atom is 0.0640 e. The fraction of sp³-hybridized carbons (Fsp3) is 0.833. The Bertz CT molecular complexity index is 197. The van der Waals surface area contributed by atoms with Crippen molar-refractivity contribution >= 4 is 0 Å². The van der Waals surface area contributed by atoms with Crippen molar-refractivity contribution in [3.63, 3.8) is 0 Å². The molecule has 0 N–H and O–H groups in total. The molecule has 2 aliphatic rings. The zero-order valence-corrected chi connectivity index (χ0v) is 8.59. The summed E-state index contributed by atoms with van der Waals surface area (Å²) in [6.45, 7) is 7.44. The predicted molar refractivity (Wildman–Crippen MR) is 54.6 cm³/mol. The summed E-state index contributed by atoms with van der Waals surface area (Å²) in [6.07, 6.45) is 6.99. The molecule has 13 heavy (non-hydrogen) atoms. The minimum Gasteiger partial charge on any atom is -0.377 e. The fourth-order valence-electron chi connectivity index (χ4n) is 2.71. The van der Waals surface area contributed by atoms with Crippen molar-refractivity contribution < 1.29 is 4.74 Å². The summed E-state index contributed by atoms with van der Waals surface area (Å²) in [5, 5.41) is 0. The zero-order chi connectivity index (χ0) is 9.26. The van der Waals surface area contributed by atoms with Crippen molar-refractivity contribution in [1.82, 2.24) is 0 Å². The summed E-state index contributed by atoms with van der Waals surface area (Å²) in [5.41, 5.74) is 1.45. The van der Waals surface area contributed by atoms with E-state index in [0.717, 1.165) is 6.61 Å². The van der Waals surface area contributed by atoms with Crippen molar-refractivity contribution in [2.45, 2.75) is 45.1 Å². The van der Waals surface area contributed by atoms with E-state index in [4.69, 9.17) is 4.74 Å². The minimum atomic E-state index is 0.506. The van der Waals surface area contributed by atoms with Crippen LogP contribution in [0, 0.1) is 11.8 Å². The van der Waals surface area contributed by atoms with E-state index in [9.17, 15) is 0 Å². The number of hydrogen-bond acceptors (Lipinski definition) is 1. The van der Waals surface area contributed by atoms with Gasteiger partial charge < -0.3 is 4.74 Å². The van der Waals surface area contributed by atoms with Crippen LogP contribution in [0.3, 0.4) is 0 Å². The summed E-state index contributed by atoms with van der Waals surface area (Å²) >= 11 is 0. The maximum atomic E-state index is 5.93. The van der Waals surface area contributed by atoms with Gasteiger partial charge in [-0.05, 0) is 25.2 Å². The van der Waals surface area contributed by atoms with Crippen molar-refractivity contribution in [3.05, 3.63) is 12.2 Å². The summed E-state index contributed by atoms with van der Waals surface area (Å²) in [6, 6.07) is 0. The van der Waals surface area contributed by atoms with Crippen molar-refractivity contribution in [3.8, 4) is 0 Å². The summed E-state index contributed by atoms with van der Waals surface area (Å²) in [7, 11) is 0. The molecule has 74 valence electrons. The molecule has 0 aromatic carbocycles. The van der Waals surface area contributed by atoms with Gasteiger partial charge in [0.05, 0.1) is 6.10 Å². The number of fused-ring (bicyclic) bond motifs is 1. The van der Waals surface area contributed by atoms with Gasteiger partial charge in [0, 0.05) is 12.5 Å². The lowest BCUT2D eigenvalue weighted by Gasteiger charge is -2.30. The second kappa shape index (κ2) is 3.83. The highest BCUT2D eigenvalue weighted by Gasteiger charge is 2.31. The highest BCUT2D eigenvalue weighted by Crippen LogP contribution is 2.36. The molecule has 1 heterocycles. The van der Waals surface area contributed by atoms with Crippen LogP contribution in [-0.4, -0.2) is 12.7 Å². The van der Waals surface area contributed by atoms with Crippen molar-refractivity contribution in [1.29, 1.82) is 0 Å². The number of ether oxygens (including phenoxy) is 1. The van der Waals surface area contributed by atoms with Gasteiger partial charge in [-0.1, -0.05) is 31.9 Å². The lowest BCUT2D eigenvalue weighted by Crippen LogP contribution is -2.27. The first kappa shape index (κ1) is 9.26. The van der Waals surface area contributed by atoms with Crippen LogP contribution in [-0.2, 0) is 4.74 Å². The Labute approximate surface area is 81.2 Å². The molecule has 0 unspecified atom stereocenters. The molecule has 0 aromatic rings. The number of hydrogen-bond donors (Lipinski definition) is 0. The lowest BCUT2D eigenvalue weighted by molar-refractivity contribution is -0.000135. The predicted octanol–water partition coefficient (Wildman–Crippen LogP) is 3.16. The monoisotopic (exact) mass is 180 g/mol. The van der Waals surface area contributed by atoms with Gasteiger partial charge >= 0.3 is 0 Å². The lowest BCUT2D eigenvalue weighted by atomic mass is 9.80. The average Bonchev–Trinajstić information content (AvgIpc) is 2.27. The summed E-state index contributed by atoms with van der Waals surface area (Å²) in [4.78, 5) is 0. The Kier molecular flexibility index (Phi) is 2.73. The third kappa shape index (κ3) is 1.96. The van der Waals surface area contributed by atoms with Gasteiger partial charge in [0.25, 0.3) is 0 Å². The van der Waals surface area contributed by atoms with Gasteiger partial charge in [-0.2, -0.15) is 0 Å². The van der Waals surface area contributed by atoms with E-state index < -0.39 is 0 Å². The molecule has 1 heteroatoms. The van der Waals surface area contributed by atoms with E-state index in [2.05, 4.69) is 13.5 Å². The molecule has 1 aliphatic carbocycles. The first-order chi connectivity index (χ1) is 6.27. The van der Waals surface area contributed by atoms with E-state index >= 15 is 0 Å². The molecule has 0 bridgehead atoms. The Morgan fingerprint density at radius 3 is 2.92 bits per heavy atom. The second-order valence-corrected chi connectivity index (χ2v) is 4.73. The standard InChI is InChI=1S/C12H20O/c1-9-7-10(2)11-5-3-4-6-12(11)13-8-9/h9,11-12H,2-8H2,1H3/t9-,11-,12+/m1/s1. The van der Waals surface area contributed by atoms with Gasteiger partial charge in [0.15, 0.2) is 0 Å². The van der Waals surface area contributed by atoms with Gasteiger partial charge in [-0.3, -0.25) is 0 Å². The molecule has 1 saturated carbocycles. The third-order valence-electron chi connectivity index (χ3n) is 3.43. The maximum absolute atomic E-state index is 5.93. The van der Waals surface area contributed by atoms with E-state index in [1.54, 1.807) is 0 Å². The van der Waals surface area contributed by atoms with Gasteiger partial charge in [-0.25, -0.2) is 0 Å². The van der Waals surface area contributed by atoms with Crippen LogP contribution in [0.4, 0.5) is 0 Å². The molecular formula is C12H20O. The van der Waals surface area contributed by atoms with Crippen LogP contribution in [0.15, 0.2) is 12.2 Å². The molecular weight excluding hydrogens is 160 g/mol.